The molecule has 0 spiro atoms. The minimum atomic E-state index is 1.21. The van der Waals surface area contributed by atoms with Crippen molar-refractivity contribution in [2.24, 2.45) is 0 Å². The van der Waals surface area contributed by atoms with Gasteiger partial charge in [0.25, 0.3) is 0 Å². The molecule has 0 aliphatic rings. The summed E-state index contributed by atoms with van der Waals surface area (Å²) in [5, 5.41) is 2.58. The summed E-state index contributed by atoms with van der Waals surface area (Å²) in [5.74, 6) is 0. The highest BCUT2D eigenvalue weighted by Crippen LogP contribution is 2.28. The summed E-state index contributed by atoms with van der Waals surface area (Å²) in [7, 11) is 0. The van der Waals surface area contributed by atoms with Crippen molar-refractivity contribution >= 4 is 16.8 Å². The van der Waals surface area contributed by atoms with E-state index in [4.69, 9.17) is 0 Å². The second-order valence-corrected chi connectivity index (χ2v) is 4.79. The van der Waals surface area contributed by atoms with Crippen molar-refractivity contribution in [3.05, 3.63) is 78.4 Å². The molecule has 0 aliphatic heterocycles. The fourth-order valence-electron chi connectivity index (χ4n) is 2.52. The van der Waals surface area contributed by atoms with Crippen LogP contribution < -0.4 is 0 Å². The molecular weight excluding hydrogens is 228 g/mol. The minimum Gasteiger partial charge on any atom is -0.0985 e. The number of aryl methyl sites for hydroxylation is 1. The Labute approximate surface area is 114 Å². The Hall–Kier alpha value is -2.34. The molecule has 0 unspecified atom stereocenters. The first-order valence-electron chi connectivity index (χ1n) is 6.51. The monoisotopic (exact) mass is 244 g/mol. The third kappa shape index (κ3) is 2.06. The molecule has 0 radical (unpaired) electrons. The van der Waals surface area contributed by atoms with Crippen LogP contribution >= 0.6 is 0 Å². The van der Waals surface area contributed by atoms with E-state index >= 15 is 0 Å². The zero-order valence-electron chi connectivity index (χ0n) is 11.1. The summed E-state index contributed by atoms with van der Waals surface area (Å²) in [5.41, 5.74) is 5.02. The van der Waals surface area contributed by atoms with Gasteiger partial charge >= 0.3 is 0 Å². The number of hydrogen-bond donors (Lipinski definition) is 0. The van der Waals surface area contributed by atoms with Crippen LogP contribution in [0.4, 0.5) is 0 Å². The lowest BCUT2D eigenvalue weighted by Gasteiger charge is -2.09. The molecule has 19 heavy (non-hydrogen) atoms. The zero-order chi connectivity index (χ0) is 13.2. The fourth-order valence-corrected chi connectivity index (χ4v) is 2.52. The summed E-state index contributed by atoms with van der Waals surface area (Å²) in [4.78, 5) is 0. The maximum atomic E-state index is 3.88. The maximum absolute atomic E-state index is 3.88. The van der Waals surface area contributed by atoms with Crippen LogP contribution in [0.1, 0.15) is 11.1 Å². The van der Waals surface area contributed by atoms with Gasteiger partial charge in [-0.1, -0.05) is 67.3 Å². The summed E-state index contributed by atoms with van der Waals surface area (Å²) < 4.78 is 0. The molecule has 0 saturated heterocycles. The molecule has 0 saturated carbocycles. The van der Waals surface area contributed by atoms with Crippen LogP contribution in [0.25, 0.3) is 28.0 Å². The van der Waals surface area contributed by atoms with Gasteiger partial charge in [0.2, 0.25) is 0 Å². The Balaban J connectivity index is 2.25. The van der Waals surface area contributed by atoms with Gasteiger partial charge in [0, 0.05) is 0 Å². The number of rotatable bonds is 2. The Morgan fingerprint density at radius 3 is 2.32 bits per heavy atom. The van der Waals surface area contributed by atoms with E-state index < -0.39 is 0 Å². The van der Waals surface area contributed by atoms with Crippen molar-refractivity contribution in [1.29, 1.82) is 0 Å². The van der Waals surface area contributed by atoms with E-state index in [2.05, 4.69) is 68.1 Å². The highest BCUT2D eigenvalue weighted by Gasteiger charge is 2.03. The van der Waals surface area contributed by atoms with Gasteiger partial charge in [-0.2, -0.15) is 0 Å². The second-order valence-electron chi connectivity index (χ2n) is 4.79. The van der Waals surface area contributed by atoms with Crippen LogP contribution in [0.5, 0.6) is 0 Å². The average molecular weight is 244 g/mol. The third-order valence-corrected chi connectivity index (χ3v) is 3.66. The molecule has 0 N–H and O–H groups in total. The Bertz CT molecular complexity index is 737. The van der Waals surface area contributed by atoms with Crippen LogP contribution in [0.15, 0.2) is 67.2 Å². The quantitative estimate of drug-likeness (QED) is 0.561. The van der Waals surface area contributed by atoms with Crippen molar-refractivity contribution in [2.75, 3.05) is 0 Å². The Morgan fingerprint density at radius 1 is 0.842 bits per heavy atom. The molecule has 3 rings (SSSR count). The maximum Gasteiger partial charge on any atom is -0.0143 e. The van der Waals surface area contributed by atoms with Crippen LogP contribution in [0, 0.1) is 6.92 Å². The van der Waals surface area contributed by atoms with E-state index in [0.717, 1.165) is 0 Å². The van der Waals surface area contributed by atoms with Crippen molar-refractivity contribution in [3.63, 3.8) is 0 Å². The zero-order valence-corrected chi connectivity index (χ0v) is 11.1. The first-order chi connectivity index (χ1) is 9.29. The molecule has 0 amide bonds. The van der Waals surface area contributed by atoms with E-state index in [9.17, 15) is 0 Å². The largest absolute Gasteiger partial charge is 0.0985 e. The summed E-state index contributed by atoms with van der Waals surface area (Å²) in [6, 6.07) is 21.4. The molecule has 0 aromatic heterocycles. The first-order valence-corrected chi connectivity index (χ1v) is 6.51. The topological polar surface area (TPSA) is 0 Å². The molecule has 0 fully saturated rings. The molecule has 3 aromatic carbocycles. The van der Waals surface area contributed by atoms with Gasteiger partial charge in [-0.05, 0) is 46.0 Å². The van der Waals surface area contributed by atoms with Gasteiger partial charge < -0.3 is 0 Å². The number of hydrogen-bond acceptors (Lipinski definition) is 0. The van der Waals surface area contributed by atoms with Crippen molar-refractivity contribution in [1.82, 2.24) is 0 Å². The molecule has 0 atom stereocenters. The van der Waals surface area contributed by atoms with Gasteiger partial charge in [-0.15, -0.1) is 0 Å². The SMILES string of the molecule is C=Cc1ccc2ccc(-c3ccccc3)cc2c1C. The Kier molecular flexibility index (Phi) is 2.92. The van der Waals surface area contributed by atoms with E-state index in [0.29, 0.717) is 0 Å². The summed E-state index contributed by atoms with van der Waals surface area (Å²) >= 11 is 0. The van der Waals surface area contributed by atoms with E-state index in [1.54, 1.807) is 0 Å². The van der Waals surface area contributed by atoms with Gasteiger partial charge in [-0.3, -0.25) is 0 Å². The van der Waals surface area contributed by atoms with Gasteiger partial charge in [0.15, 0.2) is 0 Å². The van der Waals surface area contributed by atoms with Crippen LogP contribution in [-0.4, -0.2) is 0 Å². The average Bonchev–Trinajstić information content (AvgIpc) is 2.48. The third-order valence-electron chi connectivity index (χ3n) is 3.66. The van der Waals surface area contributed by atoms with Crippen molar-refractivity contribution in [2.45, 2.75) is 6.92 Å². The molecule has 0 nitrogen and oxygen atoms in total. The van der Waals surface area contributed by atoms with Crippen LogP contribution in [0.2, 0.25) is 0 Å². The molecule has 0 aliphatic carbocycles. The molecule has 0 heteroatoms. The molecule has 0 bridgehead atoms. The number of fused-ring (bicyclic) bond motifs is 1. The van der Waals surface area contributed by atoms with Gasteiger partial charge in [0.1, 0.15) is 0 Å². The summed E-state index contributed by atoms with van der Waals surface area (Å²) in [6.45, 7) is 6.04. The predicted molar refractivity (Wildman–Crippen MR) is 84.2 cm³/mol. The lowest BCUT2D eigenvalue weighted by atomic mass is 9.96. The van der Waals surface area contributed by atoms with E-state index in [-0.39, 0.29) is 0 Å². The lowest BCUT2D eigenvalue weighted by Crippen LogP contribution is -1.85. The molecule has 92 valence electrons. The second kappa shape index (κ2) is 4.74. The highest BCUT2D eigenvalue weighted by molar-refractivity contribution is 5.92. The summed E-state index contributed by atoms with van der Waals surface area (Å²) in [6.07, 6.45) is 1.92. The standard InChI is InChI=1S/C19H16/c1-3-15-9-10-17-11-12-18(13-19(17)14(15)2)16-7-5-4-6-8-16/h3-13H,1H2,2H3. The number of benzene rings is 3. The highest BCUT2D eigenvalue weighted by atomic mass is 14.1. The predicted octanol–water partition coefficient (Wildman–Crippen LogP) is 5.46. The Morgan fingerprint density at radius 2 is 1.58 bits per heavy atom. The minimum absolute atomic E-state index is 1.21. The smallest absolute Gasteiger partial charge is 0.0143 e. The lowest BCUT2D eigenvalue weighted by molar-refractivity contribution is 1.50. The van der Waals surface area contributed by atoms with E-state index in [1.165, 1.54) is 33.0 Å². The first kappa shape index (κ1) is 11.7. The van der Waals surface area contributed by atoms with Gasteiger partial charge in [-0.25, -0.2) is 0 Å². The molecular formula is C19H16. The fraction of sp³-hybridized carbons (Fsp3) is 0.0526. The molecule has 0 heterocycles. The normalized spacial score (nSPS) is 10.6. The van der Waals surface area contributed by atoms with Crippen molar-refractivity contribution < 1.29 is 0 Å². The van der Waals surface area contributed by atoms with Crippen LogP contribution in [0.3, 0.4) is 0 Å². The van der Waals surface area contributed by atoms with Gasteiger partial charge in [0.05, 0.1) is 0 Å². The molecule has 3 aromatic rings. The van der Waals surface area contributed by atoms with Crippen molar-refractivity contribution in [3.8, 4) is 11.1 Å². The van der Waals surface area contributed by atoms with E-state index in [1.807, 2.05) is 12.1 Å². The van der Waals surface area contributed by atoms with Crippen LogP contribution in [-0.2, 0) is 0 Å².